The Hall–Kier alpha value is -3.82. The van der Waals surface area contributed by atoms with Crippen LogP contribution in [0.4, 0.5) is 29.3 Å². The van der Waals surface area contributed by atoms with Crippen LogP contribution in [0, 0.1) is 5.92 Å². The number of fused-ring (bicyclic) bond motifs is 1. The first-order chi connectivity index (χ1) is 15.7. The van der Waals surface area contributed by atoms with Gasteiger partial charge in [-0.05, 0) is 48.7 Å². The molecule has 1 aliphatic carbocycles. The summed E-state index contributed by atoms with van der Waals surface area (Å²) in [4.78, 5) is 33.9. The van der Waals surface area contributed by atoms with Crippen molar-refractivity contribution in [3.8, 4) is 11.5 Å². The van der Waals surface area contributed by atoms with Crippen molar-refractivity contribution in [1.29, 1.82) is 0 Å². The van der Waals surface area contributed by atoms with Crippen molar-refractivity contribution >= 4 is 34.2 Å². The number of methoxy groups -OCH3 is 1. The second-order valence-electron chi connectivity index (χ2n) is 8.02. The maximum atomic E-state index is 13.6. The van der Waals surface area contributed by atoms with E-state index in [1.165, 1.54) is 24.1 Å². The normalized spacial score (nSPS) is 22.4. The Labute approximate surface area is 186 Å². The second-order valence-corrected chi connectivity index (χ2v) is 8.02. The summed E-state index contributed by atoms with van der Waals surface area (Å²) in [7, 11) is 1.52. The van der Waals surface area contributed by atoms with Crippen LogP contribution in [0.1, 0.15) is 13.3 Å². The monoisotopic (exact) mass is 457 g/mol. The van der Waals surface area contributed by atoms with Crippen molar-refractivity contribution in [3.63, 3.8) is 0 Å². The minimum atomic E-state index is -4.84. The van der Waals surface area contributed by atoms with E-state index in [9.17, 15) is 22.8 Å². The average Bonchev–Trinajstić information content (AvgIpc) is 3.39. The Morgan fingerprint density at radius 2 is 1.79 bits per heavy atom. The molecule has 2 aromatic carbocycles. The molecule has 0 bridgehead atoms. The molecule has 2 atom stereocenters. The third-order valence-corrected chi connectivity index (χ3v) is 6.13. The molecule has 2 unspecified atom stereocenters. The fraction of sp³-hybridized carbons (Fsp3) is 0.261. The zero-order valence-corrected chi connectivity index (χ0v) is 17.6. The van der Waals surface area contributed by atoms with Gasteiger partial charge in [-0.25, -0.2) is 9.69 Å². The Bertz CT molecular complexity index is 1280. The number of carbonyl (C=O) groups excluding carboxylic acids is 2. The third kappa shape index (κ3) is 3.16. The molecule has 2 aliphatic rings. The van der Waals surface area contributed by atoms with E-state index < -0.39 is 29.6 Å². The number of rotatable bonds is 4. The van der Waals surface area contributed by atoms with Crippen LogP contribution in [0.15, 0.2) is 54.7 Å². The number of aromatic nitrogens is 1. The predicted molar refractivity (Wildman–Crippen MR) is 113 cm³/mol. The summed E-state index contributed by atoms with van der Waals surface area (Å²) in [6.07, 6.45) is -2.82. The number of pyridine rings is 1. The van der Waals surface area contributed by atoms with Gasteiger partial charge in [-0.15, -0.1) is 13.2 Å². The van der Waals surface area contributed by atoms with Gasteiger partial charge in [0, 0.05) is 11.6 Å². The largest absolute Gasteiger partial charge is 0.573 e. The van der Waals surface area contributed by atoms with Crippen LogP contribution >= 0.6 is 0 Å². The highest BCUT2D eigenvalue weighted by atomic mass is 19.4. The smallest absolute Gasteiger partial charge is 0.494 e. The van der Waals surface area contributed by atoms with E-state index in [2.05, 4.69) is 9.72 Å². The Morgan fingerprint density at radius 1 is 1.09 bits per heavy atom. The first kappa shape index (κ1) is 21.0. The standard InChI is InChI=1S/C23H18F3N3O4/c1-13-12-22(13)20(30)28(14-6-8-15(9-7-14)33-23(24,25)26)21(31)29(22)17-10-11-27-19-16(17)4-3-5-18(19)32-2/h3-11,13H,12H2,1-2H3. The van der Waals surface area contributed by atoms with Gasteiger partial charge in [0.2, 0.25) is 0 Å². The van der Waals surface area contributed by atoms with E-state index in [4.69, 9.17) is 4.74 Å². The molecule has 1 aliphatic heterocycles. The molecule has 5 rings (SSSR count). The summed E-state index contributed by atoms with van der Waals surface area (Å²) in [5, 5.41) is 0.646. The van der Waals surface area contributed by atoms with Gasteiger partial charge < -0.3 is 9.47 Å². The lowest BCUT2D eigenvalue weighted by Crippen LogP contribution is -2.39. The van der Waals surface area contributed by atoms with Gasteiger partial charge in [0.25, 0.3) is 5.91 Å². The minimum Gasteiger partial charge on any atom is -0.494 e. The highest BCUT2D eigenvalue weighted by Crippen LogP contribution is 2.56. The predicted octanol–water partition coefficient (Wildman–Crippen LogP) is 4.89. The summed E-state index contributed by atoms with van der Waals surface area (Å²) in [6, 6.07) is 11.1. The lowest BCUT2D eigenvalue weighted by Gasteiger charge is -2.24. The quantitative estimate of drug-likeness (QED) is 0.522. The first-order valence-electron chi connectivity index (χ1n) is 10.1. The van der Waals surface area contributed by atoms with Gasteiger partial charge in [-0.3, -0.25) is 14.7 Å². The SMILES string of the molecule is COc1cccc2c(N3C(=O)N(c4ccc(OC(F)(F)F)cc4)C(=O)C34CC4C)ccnc12. The number of ether oxygens (including phenoxy) is 2. The van der Waals surface area contributed by atoms with Gasteiger partial charge in [0.1, 0.15) is 22.6 Å². The number of imide groups is 1. The van der Waals surface area contributed by atoms with Crippen LogP contribution < -0.4 is 19.3 Å². The molecule has 3 aromatic rings. The van der Waals surface area contributed by atoms with Gasteiger partial charge in [0.05, 0.1) is 18.5 Å². The number of nitrogens with zero attached hydrogens (tertiary/aromatic N) is 3. The lowest BCUT2D eigenvalue weighted by molar-refractivity contribution is -0.274. The Morgan fingerprint density at radius 3 is 2.39 bits per heavy atom. The topological polar surface area (TPSA) is 72.0 Å². The van der Waals surface area contributed by atoms with Crippen molar-refractivity contribution in [2.24, 2.45) is 5.92 Å². The van der Waals surface area contributed by atoms with E-state index in [0.717, 1.165) is 17.0 Å². The molecular weight excluding hydrogens is 439 g/mol. The molecule has 10 heteroatoms. The number of benzene rings is 2. The van der Waals surface area contributed by atoms with Crippen molar-refractivity contribution in [3.05, 3.63) is 54.7 Å². The molecule has 1 saturated heterocycles. The number of hydrogen-bond donors (Lipinski definition) is 0. The maximum absolute atomic E-state index is 13.6. The van der Waals surface area contributed by atoms with E-state index >= 15 is 0 Å². The number of carbonyl (C=O) groups is 2. The van der Waals surface area contributed by atoms with Gasteiger partial charge >= 0.3 is 12.4 Å². The minimum absolute atomic E-state index is 0.0967. The van der Waals surface area contributed by atoms with Gasteiger partial charge in [-0.2, -0.15) is 0 Å². The van der Waals surface area contributed by atoms with Crippen molar-refractivity contribution < 1.29 is 32.2 Å². The fourth-order valence-electron chi connectivity index (χ4n) is 4.50. The van der Waals surface area contributed by atoms with Crippen LogP contribution in [-0.2, 0) is 4.79 Å². The molecule has 3 amide bonds. The molecule has 1 saturated carbocycles. The summed E-state index contributed by atoms with van der Waals surface area (Å²) < 4.78 is 46.7. The molecule has 7 nitrogen and oxygen atoms in total. The second kappa shape index (κ2) is 7.09. The van der Waals surface area contributed by atoms with Crippen LogP contribution in [0.2, 0.25) is 0 Å². The van der Waals surface area contributed by atoms with Crippen LogP contribution in [0.5, 0.6) is 11.5 Å². The van der Waals surface area contributed by atoms with Crippen molar-refractivity contribution in [1.82, 2.24) is 4.98 Å². The van der Waals surface area contributed by atoms with Crippen LogP contribution in [0.25, 0.3) is 10.9 Å². The molecule has 0 N–H and O–H groups in total. The van der Waals surface area contributed by atoms with E-state index in [0.29, 0.717) is 28.8 Å². The molecule has 0 radical (unpaired) electrons. The summed E-state index contributed by atoms with van der Waals surface area (Å²) in [5.41, 5.74) is 0.168. The van der Waals surface area contributed by atoms with Crippen molar-refractivity contribution in [2.45, 2.75) is 25.2 Å². The van der Waals surface area contributed by atoms with Crippen molar-refractivity contribution in [2.75, 3.05) is 16.9 Å². The Kier molecular flexibility index (Phi) is 4.52. The molecular formula is C23H18F3N3O4. The van der Waals surface area contributed by atoms with E-state index in [1.807, 2.05) is 6.92 Å². The average molecular weight is 457 g/mol. The highest BCUT2D eigenvalue weighted by molar-refractivity contribution is 6.33. The summed E-state index contributed by atoms with van der Waals surface area (Å²) in [5.74, 6) is -0.427. The molecule has 2 heterocycles. The maximum Gasteiger partial charge on any atom is 0.573 e. The number of hydrogen-bond acceptors (Lipinski definition) is 5. The number of para-hydroxylation sites is 1. The fourth-order valence-corrected chi connectivity index (χ4v) is 4.50. The molecule has 170 valence electrons. The molecule has 1 aromatic heterocycles. The van der Waals surface area contributed by atoms with Crippen LogP contribution in [0.3, 0.4) is 0 Å². The number of halogens is 3. The van der Waals surface area contributed by atoms with Gasteiger partial charge in [0.15, 0.2) is 0 Å². The molecule has 2 fully saturated rings. The summed E-state index contributed by atoms with van der Waals surface area (Å²) >= 11 is 0. The molecule has 1 spiro atoms. The highest BCUT2D eigenvalue weighted by Gasteiger charge is 2.70. The Balaban J connectivity index is 1.58. The summed E-state index contributed by atoms with van der Waals surface area (Å²) in [6.45, 7) is 1.88. The number of urea groups is 1. The number of alkyl halides is 3. The number of anilines is 2. The lowest BCUT2D eigenvalue weighted by atomic mass is 10.1. The first-order valence-corrected chi connectivity index (χ1v) is 10.1. The van der Waals surface area contributed by atoms with Crippen LogP contribution in [-0.4, -0.2) is 35.9 Å². The van der Waals surface area contributed by atoms with Gasteiger partial charge in [-0.1, -0.05) is 19.1 Å². The third-order valence-electron chi connectivity index (χ3n) is 6.13. The number of amides is 3. The zero-order valence-electron chi connectivity index (χ0n) is 17.6. The van der Waals surface area contributed by atoms with E-state index in [1.54, 1.807) is 30.5 Å². The zero-order chi connectivity index (χ0) is 23.5. The van der Waals surface area contributed by atoms with E-state index in [-0.39, 0.29) is 11.6 Å². The molecule has 33 heavy (non-hydrogen) atoms.